The van der Waals surface area contributed by atoms with Crippen LogP contribution < -0.4 is 0 Å². The van der Waals surface area contributed by atoms with Crippen LogP contribution in [0, 0.1) is 5.92 Å². The van der Waals surface area contributed by atoms with Crippen LogP contribution in [0.2, 0.25) is 5.82 Å². The molecule has 0 aliphatic heterocycles. The molecule has 9 heavy (non-hydrogen) atoms. The van der Waals surface area contributed by atoms with Gasteiger partial charge in [0.25, 0.3) is 0 Å². The van der Waals surface area contributed by atoms with Crippen LogP contribution in [-0.4, -0.2) is 4.42 Å². The first-order chi connectivity index (χ1) is 4.33. The molecule has 0 unspecified atom stereocenters. The van der Waals surface area contributed by atoms with E-state index < -0.39 is 0 Å². The quantitative estimate of drug-likeness (QED) is 0.496. The van der Waals surface area contributed by atoms with Crippen molar-refractivity contribution in [3.63, 3.8) is 0 Å². The van der Waals surface area contributed by atoms with Crippen LogP contribution in [0.1, 0.15) is 32.6 Å². The van der Waals surface area contributed by atoms with Crippen LogP contribution in [0.3, 0.4) is 0 Å². The van der Waals surface area contributed by atoms with E-state index in [1.165, 1.54) is 25.7 Å². The van der Waals surface area contributed by atoms with Gasteiger partial charge in [-0.15, -0.1) is 0 Å². The molecule has 0 N–H and O–H groups in total. The van der Waals surface area contributed by atoms with Crippen molar-refractivity contribution >= 4 is 4.42 Å². The molecule has 0 bridgehead atoms. The monoisotopic (exact) mass is 174 g/mol. The Morgan fingerprint density at radius 2 is 1.89 bits per heavy atom. The molecule has 1 heteroatoms. The minimum atomic E-state index is 0.985. The molecule has 0 radical (unpaired) electrons. The van der Waals surface area contributed by atoms with E-state index in [0.29, 0.717) is 0 Å². The molecule has 0 nitrogen and oxygen atoms in total. The zero-order valence-corrected chi connectivity index (χ0v) is 7.15. The predicted octanol–water partition coefficient (Wildman–Crippen LogP) is 2.50. The van der Waals surface area contributed by atoms with Crippen molar-refractivity contribution < 1.29 is 14.5 Å². The second-order valence-corrected chi connectivity index (χ2v) is 3.93. The zero-order valence-electron chi connectivity index (χ0n) is 6.21. The summed E-state index contributed by atoms with van der Waals surface area (Å²) >= 11 is 2.04. The third-order valence-corrected chi connectivity index (χ3v) is 3.13. The fourth-order valence-electron chi connectivity index (χ4n) is 1.20. The Labute approximate surface area is 63.7 Å². The van der Waals surface area contributed by atoms with Gasteiger partial charge in [0.05, 0.1) is 0 Å². The van der Waals surface area contributed by atoms with Gasteiger partial charge in [-0.1, -0.05) is 0 Å². The van der Waals surface area contributed by atoms with E-state index >= 15 is 0 Å². The van der Waals surface area contributed by atoms with Gasteiger partial charge >= 0.3 is 63.3 Å². The molecule has 1 saturated carbocycles. The predicted molar refractivity (Wildman–Crippen MR) is 38.5 cm³/mol. The van der Waals surface area contributed by atoms with Gasteiger partial charge in [-0.3, -0.25) is 0 Å². The van der Waals surface area contributed by atoms with E-state index in [4.69, 9.17) is 0 Å². The summed E-state index contributed by atoms with van der Waals surface area (Å²) in [5.74, 6) is 3.17. The first-order valence-electron chi connectivity index (χ1n) is 3.55. The third kappa shape index (κ3) is 2.23. The van der Waals surface area contributed by atoms with E-state index in [2.05, 4.69) is 12.7 Å². The van der Waals surface area contributed by atoms with Crippen LogP contribution in [0.25, 0.3) is 0 Å². The average Bonchev–Trinajstić information content (AvgIpc) is 1.90. The Kier molecular flexibility index (Phi) is 2.94. The van der Waals surface area contributed by atoms with E-state index in [9.17, 15) is 0 Å². The van der Waals surface area contributed by atoms with Crippen molar-refractivity contribution in [1.82, 2.24) is 0 Å². The molecule has 1 rings (SSSR count). The third-order valence-electron chi connectivity index (χ3n) is 1.99. The molecule has 0 aromatic heterocycles. The molecule has 58 valence electrons. The summed E-state index contributed by atoms with van der Waals surface area (Å²) in [6.45, 7) is 2.36. The molecule has 0 aromatic carbocycles. The molecule has 0 saturated heterocycles. The van der Waals surface area contributed by atoms with Crippen molar-refractivity contribution in [1.29, 1.82) is 0 Å². The van der Waals surface area contributed by atoms with E-state index in [1.54, 1.807) is 4.42 Å². The molecule has 0 aromatic rings. The van der Waals surface area contributed by atoms with Crippen molar-refractivity contribution in [2.75, 3.05) is 0 Å². The second kappa shape index (κ2) is 3.53. The summed E-state index contributed by atoms with van der Waals surface area (Å²) in [6, 6.07) is 0. The fourth-order valence-corrected chi connectivity index (χ4v) is 1.95. The normalized spacial score (nSPS) is 29.1. The van der Waals surface area contributed by atoms with Gasteiger partial charge in [0.2, 0.25) is 0 Å². The zero-order chi connectivity index (χ0) is 6.69. The van der Waals surface area contributed by atoms with E-state index in [1.807, 2.05) is 14.5 Å². The number of hydrogen-bond acceptors (Lipinski definition) is 0. The first-order valence-corrected chi connectivity index (χ1v) is 4.97. The van der Waals surface area contributed by atoms with Gasteiger partial charge in [-0.2, -0.15) is 0 Å². The summed E-state index contributed by atoms with van der Waals surface area (Å²) in [6.07, 6.45) is 5.59. The average molecular weight is 175 g/mol. The molecule has 0 amide bonds. The molecule has 0 spiro atoms. The topological polar surface area (TPSA) is 0 Å². The maximum absolute atomic E-state index is 2.36. The van der Waals surface area contributed by atoms with Crippen LogP contribution in [-0.2, 0) is 14.5 Å². The summed E-state index contributed by atoms with van der Waals surface area (Å²) in [5, 5.41) is 0. The molecule has 1 aliphatic rings. The van der Waals surface area contributed by atoms with Crippen molar-refractivity contribution in [3.05, 3.63) is 0 Å². The van der Waals surface area contributed by atoms with Crippen LogP contribution >= 0.6 is 0 Å². The van der Waals surface area contributed by atoms with Crippen LogP contribution in [0.15, 0.2) is 0 Å². The minimum absolute atomic E-state index is 0.985. The number of hydrogen-bond donors (Lipinski definition) is 0. The van der Waals surface area contributed by atoms with Crippen molar-refractivity contribution in [3.8, 4) is 0 Å². The molecular weight excluding hydrogens is 160 g/mol. The summed E-state index contributed by atoms with van der Waals surface area (Å²) in [7, 11) is 0. The molecule has 1 aliphatic carbocycles. The molecular formula is C8H15Cu. The second-order valence-electron chi connectivity index (χ2n) is 2.80. The van der Waals surface area contributed by atoms with Gasteiger partial charge < -0.3 is 0 Å². The van der Waals surface area contributed by atoms with Gasteiger partial charge in [0, 0.05) is 0 Å². The first kappa shape index (κ1) is 7.50. The van der Waals surface area contributed by atoms with Gasteiger partial charge in [-0.05, 0) is 0 Å². The molecule has 0 atom stereocenters. The van der Waals surface area contributed by atoms with Gasteiger partial charge in [-0.25, -0.2) is 0 Å². The Hall–Kier alpha value is 0.389. The Balaban J connectivity index is 2.35. The molecule has 0 heterocycles. The Morgan fingerprint density at radius 1 is 1.33 bits per heavy atom. The van der Waals surface area contributed by atoms with Crippen molar-refractivity contribution in [2.45, 2.75) is 38.4 Å². The Morgan fingerprint density at radius 3 is 2.33 bits per heavy atom. The van der Waals surface area contributed by atoms with E-state index in [0.717, 1.165) is 5.92 Å². The summed E-state index contributed by atoms with van der Waals surface area (Å²) < 4.78 is 1.71. The van der Waals surface area contributed by atoms with E-state index in [-0.39, 0.29) is 0 Å². The number of rotatable bonds is 0. The summed E-state index contributed by atoms with van der Waals surface area (Å²) in [4.78, 5) is 0. The fraction of sp³-hybridized carbons (Fsp3) is 0.875. The summed E-state index contributed by atoms with van der Waals surface area (Å²) in [5.41, 5.74) is 0. The van der Waals surface area contributed by atoms with Crippen LogP contribution in [0.4, 0.5) is 0 Å². The van der Waals surface area contributed by atoms with Gasteiger partial charge in [0.15, 0.2) is 0 Å². The van der Waals surface area contributed by atoms with Crippen LogP contribution in [0.5, 0.6) is 0 Å². The molecule has 1 fully saturated rings. The van der Waals surface area contributed by atoms with Crippen molar-refractivity contribution in [2.24, 2.45) is 5.92 Å². The standard InChI is InChI=1S/C7H12.CH3.Cu/c1-7-5-3-2-4-6-7;;/h7H,3-6H2,1H3;1H3;. The SMILES string of the molecule is [CH3][Cu]=[C]1CCC(C)CC1. The maximum atomic E-state index is 2.36. The Bertz CT molecular complexity index is 106. The van der Waals surface area contributed by atoms with Gasteiger partial charge in [0.1, 0.15) is 0 Å².